The van der Waals surface area contributed by atoms with Gasteiger partial charge >= 0.3 is 0 Å². The number of rotatable bonds is 5. The number of benzene rings is 2. The molecule has 2 aromatic carbocycles. The third kappa shape index (κ3) is 3.37. The Morgan fingerprint density at radius 1 is 1.14 bits per heavy atom. The molecule has 0 radical (unpaired) electrons. The molecule has 0 bridgehead atoms. The zero-order valence-corrected chi connectivity index (χ0v) is 13.0. The maximum Gasteiger partial charge on any atom is 0.125 e. The van der Waals surface area contributed by atoms with Gasteiger partial charge in [-0.1, -0.05) is 18.2 Å². The molecule has 1 atom stereocenters. The first-order valence-corrected chi connectivity index (χ1v) is 7.12. The lowest BCUT2D eigenvalue weighted by molar-refractivity contribution is 0.213. The van der Waals surface area contributed by atoms with E-state index in [0.717, 1.165) is 28.0 Å². The van der Waals surface area contributed by atoms with Crippen LogP contribution in [0.1, 0.15) is 35.3 Å². The van der Waals surface area contributed by atoms with Gasteiger partial charge in [0, 0.05) is 5.56 Å². The second kappa shape index (κ2) is 6.64. The maximum absolute atomic E-state index is 10.7. The van der Waals surface area contributed by atoms with Crippen LogP contribution in [-0.4, -0.2) is 18.8 Å². The summed E-state index contributed by atoms with van der Waals surface area (Å²) in [5.74, 6) is 1.47. The fourth-order valence-corrected chi connectivity index (χ4v) is 2.57. The lowest BCUT2D eigenvalue weighted by Crippen LogP contribution is -2.06. The van der Waals surface area contributed by atoms with Crippen molar-refractivity contribution >= 4 is 0 Å². The minimum atomic E-state index is -0.735. The van der Waals surface area contributed by atoms with Crippen LogP contribution in [0.4, 0.5) is 0 Å². The van der Waals surface area contributed by atoms with Crippen molar-refractivity contribution in [2.45, 2.75) is 26.9 Å². The molecule has 0 saturated carbocycles. The summed E-state index contributed by atoms with van der Waals surface area (Å²) in [5, 5.41) is 10.7. The van der Waals surface area contributed by atoms with Gasteiger partial charge in [0.1, 0.15) is 17.6 Å². The number of aliphatic hydroxyl groups excluding tert-OH is 1. The van der Waals surface area contributed by atoms with Crippen molar-refractivity contribution < 1.29 is 14.6 Å². The average molecular weight is 286 g/mol. The van der Waals surface area contributed by atoms with Gasteiger partial charge in [-0.15, -0.1) is 0 Å². The van der Waals surface area contributed by atoms with Crippen molar-refractivity contribution in [2.24, 2.45) is 0 Å². The summed E-state index contributed by atoms with van der Waals surface area (Å²) in [7, 11) is 1.63. The van der Waals surface area contributed by atoms with Gasteiger partial charge in [0.2, 0.25) is 0 Å². The van der Waals surface area contributed by atoms with Crippen LogP contribution in [-0.2, 0) is 0 Å². The van der Waals surface area contributed by atoms with E-state index in [0.29, 0.717) is 12.4 Å². The predicted molar refractivity (Wildman–Crippen MR) is 84.1 cm³/mol. The van der Waals surface area contributed by atoms with Gasteiger partial charge in [0.25, 0.3) is 0 Å². The number of methoxy groups -OCH3 is 1. The van der Waals surface area contributed by atoms with Crippen LogP contribution in [0.25, 0.3) is 0 Å². The van der Waals surface area contributed by atoms with Crippen LogP contribution in [0, 0.1) is 13.8 Å². The van der Waals surface area contributed by atoms with E-state index in [1.165, 1.54) is 0 Å². The van der Waals surface area contributed by atoms with Crippen LogP contribution in [0.5, 0.6) is 11.5 Å². The number of hydrogen-bond acceptors (Lipinski definition) is 3. The van der Waals surface area contributed by atoms with E-state index in [-0.39, 0.29) is 0 Å². The fraction of sp³-hybridized carbons (Fsp3) is 0.333. The van der Waals surface area contributed by atoms with Crippen molar-refractivity contribution in [2.75, 3.05) is 13.7 Å². The topological polar surface area (TPSA) is 38.7 Å². The molecule has 21 heavy (non-hydrogen) atoms. The number of aryl methyl sites for hydroxylation is 2. The van der Waals surface area contributed by atoms with E-state index in [9.17, 15) is 5.11 Å². The number of hydrogen-bond donors (Lipinski definition) is 1. The fourth-order valence-electron chi connectivity index (χ4n) is 2.57. The van der Waals surface area contributed by atoms with Gasteiger partial charge in [-0.3, -0.25) is 0 Å². The quantitative estimate of drug-likeness (QED) is 0.908. The molecule has 1 N–H and O–H groups in total. The standard InChI is InChI=1S/C18H22O3/c1-5-21-15-8-6-7-14(11-15)18(19)17-13(3)9-12(2)10-16(17)20-4/h6-11,18-19H,5H2,1-4H3. The van der Waals surface area contributed by atoms with Crippen LogP contribution in [0.15, 0.2) is 36.4 Å². The Morgan fingerprint density at radius 2 is 1.90 bits per heavy atom. The molecule has 0 aliphatic heterocycles. The van der Waals surface area contributed by atoms with Crippen LogP contribution in [0.2, 0.25) is 0 Å². The van der Waals surface area contributed by atoms with Gasteiger partial charge in [0.05, 0.1) is 13.7 Å². The Kier molecular flexibility index (Phi) is 4.86. The Balaban J connectivity index is 2.44. The predicted octanol–water partition coefficient (Wildman–Crippen LogP) is 3.79. The molecule has 0 fully saturated rings. The van der Waals surface area contributed by atoms with E-state index < -0.39 is 6.10 Å². The molecule has 0 aliphatic carbocycles. The monoisotopic (exact) mass is 286 g/mol. The SMILES string of the molecule is CCOc1cccc(C(O)c2c(C)cc(C)cc2OC)c1. The normalized spacial score (nSPS) is 12.0. The third-order valence-corrected chi connectivity index (χ3v) is 3.47. The molecule has 2 aromatic rings. The summed E-state index contributed by atoms with van der Waals surface area (Å²) in [5.41, 5.74) is 3.73. The van der Waals surface area contributed by atoms with Crippen molar-refractivity contribution in [1.29, 1.82) is 0 Å². The summed E-state index contributed by atoms with van der Waals surface area (Å²) >= 11 is 0. The summed E-state index contributed by atoms with van der Waals surface area (Å²) in [6.45, 7) is 6.55. The van der Waals surface area contributed by atoms with Gasteiger partial charge < -0.3 is 14.6 Å². The molecule has 2 rings (SSSR count). The zero-order valence-electron chi connectivity index (χ0n) is 13.0. The lowest BCUT2D eigenvalue weighted by Gasteiger charge is -2.19. The molecule has 0 heterocycles. The highest BCUT2D eigenvalue weighted by molar-refractivity contribution is 5.48. The summed E-state index contributed by atoms with van der Waals surface area (Å²) in [4.78, 5) is 0. The summed E-state index contributed by atoms with van der Waals surface area (Å²) in [6.07, 6.45) is -0.735. The third-order valence-electron chi connectivity index (χ3n) is 3.47. The van der Waals surface area contributed by atoms with E-state index in [2.05, 4.69) is 0 Å². The minimum absolute atomic E-state index is 0.604. The van der Waals surface area contributed by atoms with Crippen LogP contribution < -0.4 is 9.47 Å². The number of aliphatic hydroxyl groups is 1. The summed E-state index contributed by atoms with van der Waals surface area (Å²) < 4.78 is 10.9. The molecule has 0 aromatic heterocycles. The molecule has 1 unspecified atom stereocenters. The van der Waals surface area contributed by atoms with Gasteiger partial charge in [-0.05, 0) is 55.7 Å². The van der Waals surface area contributed by atoms with Crippen molar-refractivity contribution in [3.05, 3.63) is 58.7 Å². The first-order valence-electron chi connectivity index (χ1n) is 7.12. The lowest BCUT2D eigenvalue weighted by atomic mass is 9.95. The highest BCUT2D eigenvalue weighted by Crippen LogP contribution is 2.34. The molecular weight excluding hydrogens is 264 g/mol. The molecule has 3 nitrogen and oxygen atoms in total. The molecule has 112 valence electrons. The summed E-state index contributed by atoms with van der Waals surface area (Å²) in [6, 6.07) is 11.5. The second-order valence-corrected chi connectivity index (χ2v) is 5.11. The number of ether oxygens (including phenoxy) is 2. The first kappa shape index (κ1) is 15.4. The Morgan fingerprint density at radius 3 is 2.57 bits per heavy atom. The maximum atomic E-state index is 10.7. The average Bonchev–Trinajstić information content (AvgIpc) is 2.46. The Bertz CT molecular complexity index is 620. The Hall–Kier alpha value is -2.00. The molecule has 0 aliphatic rings. The van der Waals surface area contributed by atoms with E-state index >= 15 is 0 Å². The molecule has 0 spiro atoms. The van der Waals surface area contributed by atoms with E-state index in [1.807, 2.05) is 57.2 Å². The van der Waals surface area contributed by atoms with Gasteiger partial charge in [-0.25, -0.2) is 0 Å². The van der Waals surface area contributed by atoms with Gasteiger partial charge in [-0.2, -0.15) is 0 Å². The Labute approximate surface area is 126 Å². The molecular formula is C18H22O3. The van der Waals surface area contributed by atoms with E-state index in [1.54, 1.807) is 7.11 Å². The highest BCUT2D eigenvalue weighted by Gasteiger charge is 2.19. The smallest absolute Gasteiger partial charge is 0.125 e. The largest absolute Gasteiger partial charge is 0.496 e. The molecule has 3 heteroatoms. The van der Waals surface area contributed by atoms with Gasteiger partial charge in [0.15, 0.2) is 0 Å². The zero-order chi connectivity index (χ0) is 15.4. The minimum Gasteiger partial charge on any atom is -0.496 e. The van der Waals surface area contributed by atoms with Crippen molar-refractivity contribution in [3.63, 3.8) is 0 Å². The van der Waals surface area contributed by atoms with Crippen LogP contribution >= 0.6 is 0 Å². The molecule has 0 saturated heterocycles. The van der Waals surface area contributed by atoms with Crippen LogP contribution in [0.3, 0.4) is 0 Å². The van der Waals surface area contributed by atoms with Crippen molar-refractivity contribution in [3.8, 4) is 11.5 Å². The highest BCUT2D eigenvalue weighted by atomic mass is 16.5. The van der Waals surface area contributed by atoms with Crippen molar-refractivity contribution in [1.82, 2.24) is 0 Å². The second-order valence-electron chi connectivity index (χ2n) is 5.11. The van der Waals surface area contributed by atoms with E-state index in [4.69, 9.17) is 9.47 Å². The first-order chi connectivity index (χ1) is 10.1. The molecule has 0 amide bonds.